The maximum atomic E-state index is 12.0. The van der Waals surface area contributed by atoms with Crippen LogP contribution in [0.15, 0.2) is 0 Å². The van der Waals surface area contributed by atoms with Crippen LogP contribution in [0.1, 0.15) is 47.5 Å². The first-order valence-corrected chi connectivity index (χ1v) is 5.64. The van der Waals surface area contributed by atoms with Gasteiger partial charge in [0.05, 0.1) is 5.41 Å². The molecule has 1 rings (SSSR count). The SMILES string of the molecule is CCNC(=O)C1(C)CCC(C)C1(C)C. The number of carbonyl (C=O) groups is 1. The third-order valence-electron chi connectivity index (χ3n) is 4.57. The van der Waals surface area contributed by atoms with E-state index >= 15 is 0 Å². The second-order valence-corrected chi connectivity index (χ2v) is 5.35. The number of rotatable bonds is 2. The molecule has 2 nitrogen and oxygen atoms in total. The Bertz CT molecular complexity index is 234. The van der Waals surface area contributed by atoms with Crippen LogP contribution in [0.3, 0.4) is 0 Å². The van der Waals surface area contributed by atoms with Crippen LogP contribution in [0.5, 0.6) is 0 Å². The Kier molecular flexibility index (Phi) is 2.93. The van der Waals surface area contributed by atoms with Gasteiger partial charge in [0.15, 0.2) is 0 Å². The molecule has 0 saturated heterocycles. The van der Waals surface area contributed by atoms with E-state index in [0.717, 1.165) is 13.0 Å². The molecule has 0 aliphatic heterocycles. The van der Waals surface area contributed by atoms with Crippen LogP contribution >= 0.6 is 0 Å². The molecule has 0 aromatic carbocycles. The number of hydrogen-bond donors (Lipinski definition) is 1. The monoisotopic (exact) mass is 197 g/mol. The topological polar surface area (TPSA) is 29.1 Å². The first-order chi connectivity index (χ1) is 6.36. The molecule has 1 aliphatic carbocycles. The van der Waals surface area contributed by atoms with Gasteiger partial charge in [-0.1, -0.05) is 27.7 Å². The normalized spacial score (nSPS) is 35.6. The minimum Gasteiger partial charge on any atom is -0.356 e. The van der Waals surface area contributed by atoms with Gasteiger partial charge in [0, 0.05) is 6.54 Å². The summed E-state index contributed by atoms with van der Waals surface area (Å²) in [6.07, 6.45) is 2.19. The summed E-state index contributed by atoms with van der Waals surface area (Å²) in [6, 6.07) is 0. The summed E-state index contributed by atoms with van der Waals surface area (Å²) >= 11 is 0. The van der Waals surface area contributed by atoms with Crippen molar-refractivity contribution in [2.24, 2.45) is 16.7 Å². The fraction of sp³-hybridized carbons (Fsp3) is 0.917. The Balaban J connectivity index is 2.89. The Hall–Kier alpha value is -0.530. The van der Waals surface area contributed by atoms with Crippen molar-refractivity contribution in [3.8, 4) is 0 Å². The lowest BCUT2D eigenvalue weighted by Gasteiger charge is -2.39. The summed E-state index contributed by atoms with van der Waals surface area (Å²) in [7, 11) is 0. The molecule has 2 atom stereocenters. The second kappa shape index (κ2) is 3.56. The van der Waals surface area contributed by atoms with Crippen LogP contribution in [0, 0.1) is 16.7 Å². The predicted molar refractivity (Wildman–Crippen MR) is 59.0 cm³/mol. The van der Waals surface area contributed by atoms with Crippen LogP contribution in [-0.2, 0) is 4.79 Å². The molecule has 2 unspecified atom stereocenters. The van der Waals surface area contributed by atoms with Crippen LogP contribution in [0.2, 0.25) is 0 Å². The molecule has 0 radical (unpaired) electrons. The van der Waals surface area contributed by atoms with Crippen molar-refractivity contribution >= 4 is 5.91 Å². The quantitative estimate of drug-likeness (QED) is 0.724. The standard InChI is InChI=1S/C12H23NO/c1-6-13-10(14)12(5)8-7-9(2)11(12,3)4/h9H,6-8H2,1-5H3,(H,13,14). The molecule has 1 fully saturated rings. The zero-order chi connectivity index (χ0) is 11.0. The van der Waals surface area contributed by atoms with Crippen molar-refractivity contribution in [2.75, 3.05) is 6.54 Å². The van der Waals surface area contributed by atoms with Crippen molar-refractivity contribution in [3.63, 3.8) is 0 Å². The molecule has 0 bridgehead atoms. The predicted octanol–water partition coefficient (Wildman–Crippen LogP) is 2.58. The average molecular weight is 197 g/mol. The fourth-order valence-electron chi connectivity index (χ4n) is 2.49. The zero-order valence-electron chi connectivity index (χ0n) is 10.1. The highest BCUT2D eigenvalue weighted by Gasteiger charge is 2.53. The second-order valence-electron chi connectivity index (χ2n) is 5.35. The van der Waals surface area contributed by atoms with Crippen LogP contribution in [0.25, 0.3) is 0 Å². The van der Waals surface area contributed by atoms with Gasteiger partial charge in [-0.25, -0.2) is 0 Å². The molecular weight excluding hydrogens is 174 g/mol. The van der Waals surface area contributed by atoms with E-state index in [-0.39, 0.29) is 16.7 Å². The lowest BCUT2D eigenvalue weighted by Crippen LogP contribution is -2.46. The van der Waals surface area contributed by atoms with E-state index in [4.69, 9.17) is 0 Å². The zero-order valence-corrected chi connectivity index (χ0v) is 10.1. The van der Waals surface area contributed by atoms with Crippen LogP contribution in [-0.4, -0.2) is 12.5 Å². The van der Waals surface area contributed by atoms with E-state index in [1.807, 2.05) is 6.92 Å². The maximum absolute atomic E-state index is 12.0. The highest BCUT2D eigenvalue weighted by atomic mass is 16.2. The van der Waals surface area contributed by atoms with Crippen LogP contribution < -0.4 is 5.32 Å². The first-order valence-electron chi connectivity index (χ1n) is 5.64. The van der Waals surface area contributed by atoms with Gasteiger partial charge in [0.1, 0.15) is 0 Å². The van der Waals surface area contributed by atoms with Gasteiger partial charge in [0.25, 0.3) is 0 Å². The van der Waals surface area contributed by atoms with Crippen molar-refractivity contribution < 1.29 is 4.79 Å². The number of nitrogens with one attached hydrogen (secondary N) is 1. The van der Waals surface area contributed by atoms with Crippen LogP contribution in [0.4, 0.5) is 0 Å². The van der Waals surface area contributed by atoms with Crippen molar-refractivity contribution in [3.05, 3.63) is 0 Å². The Morgan fingerprint density at radius 2 is 2.00 bits per heavy atom. The van der Waals surface area contributed by atoms with Gasteiger partial charge in [-0.05, 0) is 31.1 Å². The first kappa shape index (κ1) is 11.5. The molecular formula is C12H23NO. The fourth-order valence-corrected chi connectivity index (χ4v) is 2.49. The molecule has 0 spiro atoms. The van der Waals surface area contributed by atoms with E-state index in [1.54, 1.807) is 0 Å². The minimum absolute atomic E-state index is 0.117. The highest BCUT2D eigenvalue weighted by Crippen LogP contribution is 2.55. The van der Waals surface area contributed by atoms with Gasteiger partial charge in [-0.2, -0.15) is 0 Å². The molecule has 82 valence electrons. The molecule has 2 heteroatoms. The van der Waals surface area contributed by atoms with Crippen molar-refractivity contribution in [2.45, 2.75) is 47.5 Å². The summed E-state index contributed by atoms with van der Waals surface area (Å²) in [5, 5.41) is 2.97. The Morgan fingerprint density at radius 3 is 2.36 bits per heavy atom. The van der Waals surface area contributed by atoms with Crippen molar-refractivity contribution in [1.82, 2.24) is 5.32 Å². The highest BCUT2D eigenvalue weighted by molar-refractivity contribution is 5.83. The molecule has 1 amide bonds. The van der Waals surface area contributed by atoms with E-state index in [1.165, 1.54) is 6.42 Å². The van der Waals surface area contributed by atoms with E-state index in [2.05, 4.69) is 33.0 Å². The lowest BCUT2D eigenvalue weighted by molar-refractivity contribution is -0.135. The summed E-state index contributed by atoms with van der Waals surface area (Å²) in [6.45, 7) is 11.5. The van der Waals surface area contributed by atoms with Crippen molar-refractivity contribution in [1.29, 1.82) is 0 Å². The average Bonchev–Trinajstić information content (AvgIpc) is 2.31. The van der Waals surface area contributed by atoms with Gasteiger partial charge < -0.3 is 5.32 Å². The smallest absolute Gasteiger partial charge is 0.226 e. The van der Waals surface area contributed by atoms with E-state index in [0.29, 0.717) is 5.92 Å². The molecule has 1 aliphatic rings. The largest absolute Gasteiger partial charge is 0.356 e. The minimum atomic E-state index is -0.178. The molecule has 0 heterocycles. The third-order valence-corrected chi connectivity index (χ3v) is 4.57. The van der Waals surface area contributed by atoms with Gasteiger partial charge in [0.2, 0.25) is 5.91 Å². The molecule has 1 saturated carbocycles. The van der Waals surface area contributed by atoms with E-state index < -0.39 is 0 Å². The summed E-state index contributed by atoms with van der Waals surface area (Å²) in [5.41, 5.74) is -0.0608. The molecule has 0 aromatic rings. The summed E-state index contributed by atoms with van der Waals surface area (Å²) in [5.74, 6) is 0.865. The van der Waals surface area contributed by atoms with Gasteiger partial charge in [-0.3, -0.25) is 4.79 Å². The Morgan fingerprint density at radius 1 is 1.43 bits per heavy atom. The maximum Gasteiger partial charge on any atom is 0.226 e. The summed E-state index contributed by atoms with van der Waals surface area (Å²) in [4.78, 5) is 12.0. The van der Waals surface area contributed by atoms with Gasteiger partial charge >= 0.3 is 0 Å². The molecule has 1 N–H and O–H groups in total. The molecule has 14 heavy (non-hydrogen) atoms. The van der Waals surface area contributed by atoms with Gasteiger partial charge in [-0.15, -0.1) is 0 Å². The number of carbonyl (C=O) groups excluding carboxylic acids is 1. The third kappa shape index (κ3) is 1.45. The van der Waals surface area contributed by atoms with E-state index in [9.17, 15) is 4.79 Å². The Labute approximate surface area is 87.5 Å². The molecule has 0 aromatic heterocycles. The lowest BCUT2D eigenvalue weighted by atomic mass is 9.65. The summed E-state index contributed by atoms with van der Waals surface area (Å²) < 4.78 is 0. The number of amides is 1. The number of hydrogen-bond acceptors (Lipinski definition) is 1.